The van der Waals surface area contributed by atoms with Gasteiger partial charge in [-0.15, -0.1) is 0 Å². The van der Waals surface area contributed by atoms with E-state index in [1.165, 1.54) is 0 Å². The van der Waals surface area contributed by atoms with Crippen LogP contribution in [0.4, 0.5) is 0 Å². The number of hydrogen-bond donors (Lipinski definition) is 3. The fourth-order valence-electron chi connectivity index (χ4n) is 1.55. The van der Waals surface area contributed by atoms with Crippen LogP contribution in [0.2, 0.25) is 5.82 Å². The van der Waals surface area contributed by atoms with E-state index < -0.39 is 12.2 Å². The highest BCUT2D eigenvalue weighted by Crippen LogP contribution is 2.33. The van der Waals surface area contributed by atoms with Gasteiger partial charge in [0.15, 0.2) is 0 Å². The van der Waals surface area contributed by atoms with Crippen molar-refractivity contribution in [3.63, 3.8) is 0 Å². The standard InChI is InChI=1S/C6H13BO3/c7-4-1-3(2-8)5(9)6(4)10/h3-6,8-10H,1-2,7H2/t3-,4-,5-,6+/m1/s1. The van der Waals surface area contributed by atoms with Crippen LogP contribution in [0.15, 0.2) is 0 Å². The Labute approximate surface area is 61.1 Å². The van der Waals surface area contributed by atoms with E-state index in [9.17, 15) is 10.2 Å². The second-order valence-electron chi connectivity index (χ2n) is 3.14. The summed E-state index contributed by atoms with van der Waals surface area (Å²) in [6, 6.07) is 0. The van der Waals surface area contributed by atoms with E-state index in [1.807, 2.05) is 7.85 Å². The molecule has 0 heterocycles. The molecule has 0 spiro atoms. The molecule has 0 bridgehead atoms. The first-order valence-electron chi connectivity index (χ1n) is 3.63. The highest BCUT2D eigenvalue weighted by molar-refractivity contribution is 6.12. The number of aliphatic hydroxyl groups excluding tert-OH is 3. The first-order valence-corrected chi connectivity index (χ1v) is 3.63. The summed E-state index contributed by atoms with van der Waals surface area (Å²) in [5, 5.41) is 27.1. The quantitative estimate of drug-likeness (QED) is 0.378. The van der Waals surface area contributed by atoms with Gasteiger partial charge in [0, 0.05) is 12.5 Å². The maximum atomic E-state index is 9.22. The van der Waals surface area contributed by atoms with Crippen molar-refractivity contribution in [2.24, 2.45) is 5.92 Å². The van der Waals surface area contributed by atoms with E-state index in [2.05, 4.69) is 0 Å². The molecule has 4 heteroatoms. The number of hydrogen-bond acceptors (Lipinski definition) is 3. The van der Waals surface area contributed by atoms with Gasteiger partial charge in [-0.3, -0.25) is 0 Å². The Morgan fingerprint density at radius 2 is 1.90 bits per heavy atom. The third-order valence-electron chi connectivity index (χ3n) is 2.32. The minimum absolute atomic E-state index is 0.0252. The monoisotopic (exact) mass is 144 g/mol. The van der Waals surface area contributed by atoms with E-state index >= 15 is 0 Å². The van der Waals surface area contributed by atoms with E-state index in [-0.39, 0.29) is 18.3 Å². The highest BCUT2D eigenvalue weighted by atomic mass is 16.3. The van der Waals surface area contributed by atoms with Gasteiger partial charge in [-0.1, -0.05) is 0 Å². The van der Waals surface area contributed by atoms with Crippen molar-refractivity contribution in [2.75, 3.05) is 6.61 Å². The maximum Gasteiger partial charge on any atom is 0.108 e. The molecule has 0 aromatic carbocycles. The Bertz CT molecular complexity index is 120. The van der Waals surface area contributed by atoms with Crippen LogP contribution in [0, 0.1) is 5.92 Å². The van der Waals surface area contributed by atoms with Crippen LogP contribution in [0.5, 0.6) is 0 Å². The molecule has 0 amide bonds. The zero-order valence-electron chi connectivity index (χ0n) is 6.07. The van der Waals surface area contributed by atoms with Crippen LogP contribution < -0.4 is 0 Å². The Morgan fingerprint density at radius 1 is 1.30 bits per heavy atom. The highest BCUT2D eigenvalue weighted by Gasteiger charge is 2.37. The molecule has 0 radical (unpaired) electrons. The van der Waals surface area contributed by atoms with Crippen molar-refractivity contribution in [1.82, 2.24) is 0 Å². The predicted molar refractivity (Wildman–Crippen MR) is 39.5 cm³/mol. The summed E-state index contributed by atoms with van der Waals surface area (Å²) in [5.41, 5.74) is 0. The van der Waals surface area contributed by atoms with E-state index in [0.717, 1.165) is 6.42 Å². The van der Waals surface area contributed by atoms with Crippen molar-refractivity contribution in [1.29, 1.82) is 0 Å². The summed E-state index contributed by atoms with van der Waals surface area (Å²) in [6.45, 7) is -0.0252. The van der Waals surface area contributed by atoms with Crippen molar-refractivity contribution >= 4 is 7.85 Å². The third-order valence-corrected chi connectivity index (χ3v) is 2.32. The third kappa shape index (κ3) is 1.19. The molecule has 58 valence electrons. The second kappa shape index (κ2) is 2.90. The number of rotatable bonds is 1. The van der Waals surface area contributed by atoms with Crippen molar-refractivity contribution in [3.8, 4) is 0 Å². The van der Waals surface area contributed by atoms with Gasteiger partial charge < -0.3 is 15.3 Å². The lowest BCUT2D eigenvalue weighted by molar-refractivity contribution is 0.00707. The molecule has 0 aliphatic heterocycles. The van der Waals surface area contributed by atoms with Crippen LogP contribution in [-0.4, -0.2) is 42.0 Å². The fraction of sp³-hybridized carbons (Fsp3) is 1.00. The molecule has 0 saturated heterocycles. The summed E-state index contributed by atoms with van der Waals surface area (Å²) in [4.78, 5) is 0. The molecular formula is C6H13BO3. The lowest BCUT2D eigenvalue weighted by Gasteiger charge is -2.13. The van der Waals surface area contributed by atoms with Crippen LogP contribution in [0.3, 0.4) is 0 Å². The molecule has 4 atom stereocenters. The fourth-order valence-corrected chi connectivity index (χ4v) is 1.55. The first-order chi connectivity index (χ1) is 4.66. The first kappa shape index (κ1) is 8.05. The van der Waals surface area contributed by atoms with Gasteiger partial charge in [-0.25, -0.2) is 0 Å². The average molecular weight is 144 g/mol. The Balaban J connectivity index is 2.53. The van der Waals surface area contributed by atoms with Gasteiger partial charge in [-0.2, -0.15) is 0 Å². The molecule has 10 heavy (non-hydrogen) atoms. The van der Waals surface area contributed by atoms with Gasteiger partial charge in [-0.05, 0) is 12.2 Å². The summed E-state index contributed by atoms with van der Waals surface area (Å²) >= 11 is 0. The minimum atomic E-state index is -0.722. The Morgan fingerprint density at radius 3 is 2.10 bits per heavy atom. The lowest BCUT2D eigenvalue weighted by atomic mass is 9.84. The molecule has 1 fully saturated rings. The SMILES string of the molecule is B[C@@H]1C[C@H](CO)[C@@H](O)[C@H]1O. The van der Waals surface area contributed by atoms with E-state index in [4.69, 9.17) is 5.11 Å². The Kier molecular flexibility index (Phi) is 2.34. The van der Waals surface area contributed by atoms with Gasteiger partial charge in [0.1, 0.15) is 7.85 Å². The van der Waals surface area contributed by atoms with Gasteiger partial charge in [0.2, 0.25) is 0 Å². The summed E-state index contributed by atoms with van der Waals surface area (Å²) in [7, 11) is 1.88. The van der Waals surface area contributed by atoms with Crippen LogP contribution in [0.1, 0.15) is 6.42 Å². The smallest absolute Gasteiger partial charge is 0.108 e. The Hall–Kier alpha value is -0.0551. The van der Waals surface area contributed by atoms with Crippen LogP contribution in [0.25, 0.3) is 0 Å². The molecule has 0 unspecified atom stereocenters. The largest absolute Gasteiger partial charge is 0.396 e. The average Bonchev–Trinajstić information content (AvgIpc) is 2.17. The zero-order chi connectivity index (χ0) is 7.72. The van der Waals surface area contributed by atoms with Gasteiger partial charge >= 0.3 is 0 Å². The molecular weight excluding hydrogens is 131 g/mol. The van der Waals surface area contributed by atoms with Gasteiger partial charge in [0.05, 0.1) is 12.2 Å². The minimum Gasteiger partial charge on any atom is -0.396 e. The van der Waals surface area contributed by atoms with Crippen molar-refractivity contribution in [2.45, 2.75) is 24.4 Å². The number of aliphatic hydroxyl groups is 3. The van der Waals surface area contributed by atoms with Crippen molar-refractivity contribution in [3.05, 3.63) is 0 Å². The van der Waals surface area contributed by atoms with Crippen LogP contribution in [-0.2, 0) is 0 Å². The molecule has 1 aliphatic rings. The zero-order valence-corrected chi connectivity index (χ0v) is 6.07. The summed E-state index contributed by atoms with van der Waals surface area (Å²) in [6.07, 6.45) is -0.643. The van der Waals surface area contributed by atoms with Crippen molar-refractivity contribution < 1.29 is 15.3 Å². The van der Waals surface area contributed by atoms with Gasteiger partial charge in [0.25, 0.3) is 0 Å². The molecule has 0 aromatic rings. The molecule has 0 aromatic heterocycles. The molecule has 3 nitrogen and oxygen atoms in total. The normalized spacial score (nSPS) is 47.9. The predicted octanol–water partition coefficient (Wildman–Crippen LogP) is -1.86. The topological polar surface area (TPSA) is 60.7 Å². The lowest BCUT2D eigenvalue weighted by Crippen LogP contribution is -2.28. The molecule has 1 saturated carbocycles. The molecule has 3 N–H and O–H groups in total. The van der Waals surface area contributed by atoms with Crippen LogP contribution >= 0.6 is 0 Å². The molecule has 1 aliphatic carbocycles. The van der Waals surface area contributed by atoms with E-state index in [1.54, 1.807) is 0 Å². The summed E-state index contributed by atoms with van der Waals surface area (Å²) < 4.78 is 0. The summed E-state index contributed by atoms with van der Waals surface area (Å²) in [5.74, 6) is -0.00264. The molecule has 1 rings (SSSR count). The second-order valence-corrected chi connectivity index (χ2v) is 3.14. The van der Waals surface area contributed by atoms with E-state index in [0.29, 0.717) is 0 Å². The maximum absolute atomic E-state index is 9.22.